The van der Waals surface area contributed by atoms with Crippen molar-refractivity contribution in [1.29, 1.82) is 0 Å². The highest BCUT2D eigenvalue weighted by atomic mass is 16.5. The van der Waals surface area contributed by atoms with Crippen LogP contribution in [0.4, 0.5) is 11.4 Å². The predicted molar refractivity (Wildman–Crippen MR) is 107 cm³/mol. The quantitative estimate of drug-likeness (QED) is 0.723. The van der Waals surface area contributed by atoms with Gasteiger partial charge in [0.2, 0.25) is 11.8 Å². The Labute approximate surface area is 165 Å². The lowest BCUT2D eigenvalue weighted by Gasteiger charge is -2.27. The second-order valence-corrected chi connectivity index (χ2v) is 8.01. The highest BCUT2D eigenvalue weighted by Gasteiger charge is 2.29. The maximum Gasteiger partial charge on any atom is 0.265 e. The topological polar surface area (TPSA) is 96.5 Å². The number of ether oxygens (including phenoxy) is 1. The zero-order valence-corrected chi connectivity index (χ0v) is 16.7. The molecule has 1 aromatic rings. The van der Waals surface area contributed by atoms with Crippen molar-refractivity contribution in [2.45, 2.75) is 65.0 Å². The minimum atomic E-state index is -0.615. The predicted octanol–water partition coefficient (Wildman–Crippen LogP) is 3.07. The van der Waals surface area contributed by atoms with Crippen LogP contribution >= 0.6 is 0 Å². The van der Waals surface area contributed by atoms with Crippen molar-refractivity contribution < 1.29 is 19.1 Å². The highest BCUT2D eigenvalue weighted by Crippen LogP contribution is 2.32. The summed E-state index contributed by atoms with van der Waals surface area (Å²) in [6.45, 7) is 5.50. The fourth-order valence-corrected chi connectivity index (χ4v) is 3.68. The summed E-state index contributed by atoms with van der Waals surface area (Å²) in [4.78, 5) is 37.2. The van der Waals surface area contributed by atoms with E-state index in [-0.39, 0.29) is 29.6 Å². The van der Waals surface area contributed by atoms with Gasteiger partial charge in [-0.25, -0.2) is 0 Å². The molecule has 1 saturated carbocycles. The molecule has 0 saturated heterocycles. The van der Waals surface area contributed by atoms with E-state index in [0.717, 1.165) is 25.7 Å². The van der Waals surface area contributed by atoms with Crippen LogP contribution in [0.3, 0.4) is 0 Å². The van der Waals surface area contributed by atoms with Gasteiger partial charge in [-0.2, -0.15) is 0 Å². The summed E-state index contributed by atoms with van der Waals surface area (Å²) in [5.41, 5.74) is 1.06. The minimum absolute atomic E-state index is 0.000829. The number of nitrogens with one attached hydrogen (secondary N) is 3. The molecule has 1 aliphatic heterocycles. The first-order valence-corrected chi connectivity index (χ1v) is 10.1. The molecule has 0 bridgehead atoms. The highest BCUT2D eigenvalue weighted by molar-refractivity contribution is 6.00. The van der Waals surface area contributed by atoms with E-state index in [1.807, 2.05) is 13.8 Å². The van der Waals surface area contributed by atoms with E-state index < -0.39 is 12.1 Å². The third-order valence-corrected chi connectivity index (χ3v) is 5.40. The molecule has 3 amide bonds. The summed E-state index contributed by atoms with van der Waals surface area (Å²) >= 11 is 0. The Balaban J connectivity index is 1.66. The summed E-state index contributed by atoms with van der Waals surface area (Å²) in [6, 6.07) is 4.49. The Hall–Kier alpha value is -2.57. The average Bonchev–Trinajstić information content (AvgIpc) is 2.67. The van der Waals surface area contributed by atoms with Crippen LogP contribution in [0.15, 0.2) is 18.2 Å². The van der Waals surface area contributed by atoms with Crippen molar-refractivity contribution in [2.75, 3.05) is 10.6 Å². The van der Waals surface area contributed by atoms with Gasteiger partial charge in [-0.1, -0.05) is 33.1 Å². The summed E-state index contributed by atoms with van der Waals surface area (Å²) in [7, 11) is 0. The average molecular weight is 387 g/mol. The Bertz CT molecular complexity index is 756. The number of hydrogen-bond acceptors (Lipinski definition) is 4. The SMILES string of the molecule is CC(C)[C@H](NC(=O)C1CCCCC1)C(=O)Nc1ccc2c(c1)NC(=O)[C@H](C)O2. The zero-order chi connectivity index (χ0) is 20.3. The molecule has 3 N–H and O–H groups in total. The van der Waals surface area contributed by atoms with Gasteiger partial charge in [-0.15, -0.1) is 0 Å². The van der Waals surface area contributed by atoms with Crippen molar-refractivity contribution in [1.82, 2.24) is 5.32 Å². The Morgan fingerprint density at radius 1 is 1.18 bits per heavy atom. The van der Waals surface area contributed by atoms with Gasteiger partial charge in [-0.05, 0) is 43.9 Å². The van der Waals surface area contributed by atoms with Crippen molar-refractivity contribution in [3.8, 4) is 5.75 Å². The second kappa shape index (κ2) is 8.63. The number of benzene rings is 1. The molecule has 1 aliphatic carbocycles. The molecule has 7 nitrogen and oxygen atoms in total. The molecule has 1 fully saturated rings. The number of amides is 3. The Morgan fingerprint density at radius 3 is 2.57 bits per heavy atom. The van der Waals surface area contributed by atoms with Gasteiger partial charge in [0, 0.05) is 11.6 Å². The lowest BCUT2D eigenvalue weighted by Crippen LogP contribution is -2.49. The number of fused-ring (bicyclic) bond motifs is 1. The molecule has 2 atom stereocenters. The molecular weight excluding hydrogens is 358 g/mol. The molecular formula is C21H29N3O4. The summed E-state index contributed by atoms with van der Waals surface area (Å²) in [5.74, 6) is -0.00832. The first-order chi connectivity index (χ1) is 13.3. The molecule has 2 aliphatic rings. The molecule has 7 heteroatoms. The van der Waals surface area contributed by atoms with Gasteiger partial charge in [0.05, 0.1) is 5.69 Å². The van der Waals surface area contributed by atoms with E-state index in [0.29, 0.717) is 17.1 Å². The van der Waals surface area contributed by atoms with Crippen LogP contribution < -0.4 is 20.7 Å². The van der Waals surface area contributed by atoms with Crippen LogP contribution in [0.25, 0.3) is 0 Å². The molecule has 1 aromatic carbocycles. The van der Waals surface area contributed by atoms with Crippen LogP contribution in [-0.2, 0) is 14.4 Å². The van der Waals surface area contributed by atoms with Gasteiger partial charge in [0.15, 0.2) is 6.10 Å². The van der Waals surface area contributed by atoms with Crippen LogP contribution in [0.2, 0.25) is 0 Å². The van der Waals surface area contributed by atoms with E-state index >= 15 is 0 Å². The zero-order valence-electron chi connectivity index (χ0n) is 16.7. The maximum absolute atomic E-state index is 12.8. The third-order valence-electron chi connectivity index (χ3n) is 5.40. The number of carbonyl (C=O) groups is 3. The van der Waals surface area contributed by atoms with Gasteiger partial charge in [0.25, 0.3) is 5.91 Å². The van der Waals surface area contributed by atoms with Crippen molar-refractivity contribution in [3.63, 3.8) is 0 Å². The van der Waals surface area contributed by atoms with Gasteiger partial charge >= 0.3 is 0 Å². The lowest BCUT2D eigenvalue weighted by molar-refractivity contribution is -0.130. The summed E-state index contributed by atoms with van der Waals surface area (Å²) in [6.07, 6.45) is 4.54. The normalized spacial score (nSPS) is 20.6. The molecule has 152 valence electrons. The molecule has 0 aromatic heterocycles. The number of anilines is 2. The fourth-order valence-electron chi connectivity index (χ4n) is 3.68. The largest absolute Gasteiger partial charge is 0.479 e. The molecule has 0 radical (unpaired) electrons. The number of rotatable bonds is 5. The van der Waals surface area contributed by atoms with Crippen LogP contribution in [0.5, 0.6) is 5.75 Å². The molecule has 28 heavy (non-hydrogen) atoms. The van der Waals surface area contributed by atoms with Crippen molar-refractivity contribution in [2.24, 2.45) is 11.8 Å². The minimum Gasteiger partial charge on any atom is -0.479 e. The first kappa shape index (κ1) is 20.2. The fraction of sp³-hybridized carbons (Fsp3) is 0.571. The van der Waals surface area contributed by atoms with E-state index in [1.54, 1.807) is 25.1 Å². The molecule has 0 unspecified atom stereocenters. The van der Waals surface area contributed by atoms with Crippen LogP contribution in [0.1, 0.15) is 52.9 Å². The summed E-state index contributed by atoms with van der Waals surface area (Å²) < 4.78 is 5.53. The Morgan fingerprint density at radius 2 is 1.89 bits per heavy atom. The van der Waals surface area contributed by atoms with Gasteiger partial charge in [-0.3, -0.25) is 14.4 Å². The Kier molecular flexibility index (Phi) is 6.21. The van der Waals surface area contributed by atoms with Crippen molar-refractivity contribution >= 4 is 29.1 Å². The number of carbonyl (C=O) groups excluding carboxylic acids is 3. The van der Waals surface area contributed by atoms with E-state index in [4.69, 9.17) is 4.74 Å². The molecule has 3 rings (SSSR count). The molecule has 1 heterocycles. The van der Waals surface area contributed by atoms with Crippen LogP contribution in [0, 0.1) is 11.8 Å². The summed E-state index contributed by atoms with van der Waals surface area (Å²) in [5, 5.41) is 8.55. The van der Waals surface area contributed by atoms with E-state index in [1.165, 1.54) is 6.42 Å². The second-order valence-electron chi connectivity index (χ2n) is 8.01. The monoisotopic (exact) mass is 387 g/mol. The van der Waals surface area contributed by atoms with E-state index in [9.17, 15) is 14.4 Å². The number of hydrogen-bond donors (Lipinski definition) is 3. The maximum atomic E-state index is 12.8. The smallest absolute Gasteiger partial charge is 0.265 e. The molecule has 0 spiro atoms. The van der Waals surface area contributed by atoms with Crippen LogP contribution in [-0.4, -0.2) is 29.9 Å². The van der Waals surface area contributed by atoms with Gasteiger partial charge in [0.1, 0.15) is 11.8 Å². The lowest BCUT2D eigenvalue weighted by atomic mass is 9.88. The first-order valence-electron chi connectivity index (χ1n) is 10.1. The van der Waals surface area contributed by atoms with Gasteiger partial charge < -0.3 is 20.7 Å². The van der Waals surface area contributed by atoms with Crippen molar-refractivity contribution in [3.05, 3.63) is 18.2 Å². The van der Waals surface area contributed by atoms with E-state index in [2.05, 4.69) is 16.0 Å². The standard InChI is InChI=1S/C21H29N3O4/c1-12(2)18(24-20(26)14-7-5-4-6-8-14)21(27)22-15-9-10-17-16(11-15)23-19(25)13(3)28-17/h9-14,18H,4-8H2,1-3H3,(H,22,27)(H,23,25)(H,24,26)/t13-,18-/m0/s1. The third kappa shape index (κ3) is 4.64.